The summed E-state index contributed by atoms with van der Waals surface area (Å²) < 4.78 is 5.52. The highest BCUT2D eigenvalue weighted by molar-refractivity contribution is 7.09. The smallest absolute Gasteiger partial charge is 0.191 e. The fourth-order valence-corrected chi connectivity index (χ4v) is 3.16. The van der Waals surface area contributed by atoms with E-state index in [-0.39, 0.29) is 6.54 Å². The van der Waals surface area contributed by atoms with Crippen LogP contribution in [0.1, 0.15) is 42.5 Å². The highest BCUT2D eigenvalue weighted by Gasteiger charge is 2.26. The molecule has 0 aliphatic heterocycles. The number of aromatic nitrogens is 1. The Labute approximate surface area is 153 Å². The van der Waals surface area contributed by atoms with E-state index in [1.54, 1.807) is 24.3 Å². The summed E-state index contributed by atoms with van der Waals surface area (Å²) in [6.45, 7) is 9.39. The molecule has 2 rings (SSSR count). The maximum absolute atomic E-state index is 10.6. The Bertz CT molecular complexity index is 691. The number of thiazole rings is 1. The first kappa shape index (κ1) is 19.5. The van der Waals surface area contributed by atoms with Gasteiger partial charge in [0.2, 0.25) is 0 Å². The summed E-state index contributed by atoms with van der Waals surface area (Å²) >= 11 is 1.70. The van der Waals surface area contributed by atoms with Crippen molar-refractivity contribution < 1.29 is 9.52 Å². The third-order valence-corrected chi connectivity index (χ3v) is 4.71. The second-order valence-electron chi connectivity index (χ2n) is 6.29. The van der Waals surface area contributed by atoms with E-state index in [1.165, 1.54) is 0 Å². The first-order chi connectivity index (χ1) is 11.9. The summed E-state index contributed by atoms with van der Waals surface area (Å²) in [7, 11) is 0. The second kappa shape index (κ2) is 9.01. The molecule has 6 nitrogen and oxygen atoms in total. The van der Waals surface area contributed by atoms with Crippen LogP contribution >= 0.6 is 11.3 Å². The topological polar surface area (TPSA) is 82.7 Å². The van der Waals surface area contributed by atoms with Gasteiger partial charge in [-0.15, -0.1) is 11.3 Å². The van der Waals surface area contributed by atoms with E-state index in [9.17, 15) is 5.11 Å². The monoisotopic (exact) mass is 364 g/mol. The molecule has 0 aliphatic rings. The van der Waals surface area contributed by atoms with Crippen molar-refractivity contribution in [2.24, 2.45) is 4.99 Å². The number of nitrogens with one attached hydrogen (secondary N) is 2. The standard InChI is InChI=1S/C18H28N4O2S/c1-5-19-17(20-10-6-7-16-22-13(2)11-25-16)21-12-18(4,23)15-9-8-14(3)24-15/h8-9,11,23H,5-7,10,12H2,1-4H3,(H2,19,20,21). The summed E-state index contributed by atoms with van der Waals surface area (Å²) in [4.78, 5) is 8.96. The van der Waals surface area contributed by atoms with Gasteiger partial charge >= 0.3 is 0 Å². The maximum atomic E-state index is 10.6. The van der Waals surface area contributed by atoms with Crippen LogP contribution in [0.2, 0.25) is 0 Å². The molecule has 3 N–H and O–H groups in total. The molecule has 0 aliphatic carbocycles. The van der Waals surface area contributed by atoms with Crippen LogP contribution in [0.5, 0.6) is 0 Å². The van der Waals surface area contributed by atoms with Crippen LogP contribution in [0, 0.1) is 13.8 Å². The number of rotatable bonds is 8. The highest BCUT2D eigenvalue weighted by atomic mass is 32.1. The maximum Gasteiger partial charge on any atom is 0.191 e. The van der Waals surface area contributed by atoms with E-state index in [2.05, 4.69) is 26.0 Å². The molecule has 0 radical (unpaired) electrons. The third-order valence-electron chi connectivity index (χ3n) is 3.69. The number of guanidine groups is 1. The zero-order valence-electron chi connectivity index (χ0n) is 15.4. The first-order valence-electron chi connectivity index (χ1n) is 8.63. The molecule has 0 spiro atoms. The van der Waals surface area contributed by atoms with Crippen LogP contribution in [0.4, 0.5) is 0 Å². The van der Waals surface area contributed by atoms with Crippen molar-refractivity contribution in [3.63, 3.8) is 0 Å². The van der Waals surface area contributed by atoms with Crippen LogP contribution in [0.25, 0.3) is 0 Å². The quantitative estimate of drug-likeness (QED) is 0.381. The SMILES string of the molecule is CCNC(=NCC(C)(O)c1ccc(C)o1)NCCCc1nc(C)cs1. The average molecular weight is 365 g/mol. The minimum Gasteiger partial charge on any atom is -0.463 e. The number of aliphatic imine (C=N–C) groups is 1. The van der Waals surface area contributed by atoms with E-state index >= 15 is 0 Å². The molecule has 0 fully saturated rings. The number of hydrogen-bond acceptors (Lipinski definition) is 5. The second-order valence-corrected chi connectivity index (χ2v) is 7.23. The minimum absolute atomic E-state index is 0.223. The van der Waals surface area contributed by atoms with Crippen molar-refractivity contribution in [1.29, 1.82) is 0 Å². The molecule has 0 saturated heterocycles. The normalized spacial score (nSPS) is 14.4. The van der Waals surface area contributed by atoms with Gasteiger partial charge in [0, 0.05) is 30.6 Å². The number of aliphatic hydroxyl groups is 1. The van der Waals surface area contributed by atoms with Crippen LogP contribution in [-0.2, 0) is 12.0 Å². The van der Waals surface area contributed by atoms with Gasteiger partial charge < -0.3 is 20.2 Å². The summed E-state index contributed by atoms with van der Waals surface area (Å²) in [5.74, 6) is 2.01. The van der Waals surface area contributed by atoms with Crippen molar-refractivity contribution in [3.8, 4) is 0 Å². The van der Waals surface area contributed by atoms with Crippen molar-refractivity contribution in [1.82, 2.24) is 15.6 Å². The largest absolute Gasteiger partial charge is 0.463 e. The lowest BCUT2D eigenvalue weighted by Crippen LogP contribution is -2.39. The highest BCUT2D eigenvalue weighted by Crippen LogP contribution is 2.23. The predicted molar refractivity (Wildman–Crippen MR) is 102 cm³/mol. The van der Waals surface area contributed by atoms with Gasteiger partial charge in [0.25, 0.3) is 0 Å². The first-order valence-corrected chi connectivity index (χ1v) is 9.51. The Morgan fingerprint density at radius 3 is 2.76 bits per heavy atom. The van der Waals surface area contributed by atoms with E-state index in [4.69, 9.17) is 4.42 Å². The minimum atomic E-state index is -1.13. The molecular weight excluding hydrogens is 336 g/mol. The summed E-state index contributed by atoms with van der Waals surface area (Å²) in [5.41, 5.74) is -0.0482. The molecule has 2 aromatic rings. The fraction of sp³-hybridized carbons (Fsp3) is 0.556. The molecule has 1 unspecified atom stereocenters. The van der Waals surface area contributed by atoms with Gasteiger partial charge in [-0.25, -0.2) is 9.98 Å². The zero-order chi connectivity index (χ0) is 18.3. The van der Waals surface area contributed by atoms with Crippen LogP contribution in [0.3, 0.4) is 0 Å². The summed E-state index contributed by atoms with van der Waals surface area (Å²) in [6.07, 6.45) is 1.93. The lowest BCUT2D eigenvalue weighted by atomic mass is 10.0. The third kappa shape index (κ3) is 6.17. The van der Waals surface area contributed by atoms with Crippen molar-refractivity contribution >= 4 is 17.3 Å². The molecule has 2 aromatic heterocycles. The van der Waals surface area contributed by atoms with Crippen LogP contribution < -0.4 is 10.6 Å². The molecule has 0 aromatic carbocycles. The van der Waals surface area contributed by atoms with Crippen molar-refractivity contribution in [3.05, 3.63) is 39.7 Å². The van der Waals surface area contributed by atoms with Crippen LogP contribution in [-0.4, -0.2) is 35.7 Å². The Kier molecular flexibility index (Phi) is 7.01. The average Bonchev–Trinajstić information content (AvgIpc) is 3.18. The van der Waals surface area contributed by atoms with E-state index < -0.39 is 5.60 Å². The molecule has 0 bridgehead atoms. The number of hydrogen-bond donors (Lipinski definition) is 3. The summed E-state index contributed by atoms with van der Waals surface area (Å²) in [5, 5.41) is 20.3. The van der Waals surface area contributed by atoms with E-state index in [0.29, 0.717) is 11.7 Å². The Balaban J connectivity index is 1.84. The molecule has 0 saturated carbocycles. The van der Waals surface area contributed by atoms with E-state index in [1.807, 2.05) is 26.8 Å². The molecular formula is C18H28N4O2S. The molecule has 0 amide bonds. The number of furan rings is 1. The van der Waals surface area contributed by atoms with Gasteiger partial charge in [-0.1, -0.05) is 0 Å². The van der Waals surface area contributed by atoms with Crippen molar-refractivity contribution in [2.45, 2.75) is 46.1 Å². The van der Waals surface area contributed by atoms with Gasteiger partial charge in [-0.2, -0.15) is 0 Å². The Morgan fingerprint density at radius 2 is 2.16 bits per heavy atom. The molecule has 1 atom stereocenters. The fourth-order valence-electron chi connectivity index (χ4n) is 2.34. The molecule has 2 heterocycles. The molecule has 25 heavy (non-hydrogen) atoms. The van der Waals surface area contributed by atoms with Crippen LogP contribution in [0.15, 0.2) is 26.9 Å². The lowest BCUT2D eigenvalue weighted by Gasteiger charge is -2.19. The van der Waals surface area contributed by atoms with Gasteiger partial charge in [-0.3, -0.25) is 0 Å². The molecule has 7 heteroatoms. The van der Waals surface area contributed by atoms with Gasteiger partial charge in [0.15, 0.2) is 5.96 Å². The van der Waals surface area contributed by atoms with Gasteiger partial charge in [0.1, 0.15) is 17.1 Å². The predicted octanol–water partition coefficient (Wildman–Crippen LogP) is 2.75. The molecule has 138 valence electrons. The van der Waals surface area contributed by atoms with Crippen molar-refractivity contribution in [2.75, 3.05) is 19.6 Å². The number of nitrogens with zero attached hydrogens (tertiary/aromatic N) is 2. The number of aryl methyl sites for hydroxylation is 3. The summed E-state index contributed by atoms with van der Waals surface area (Å²) in [6, 6.07) is 3.64. The van der Waals surface area contributed by atoms with E-state index in [0.717, 1.165) is 42.4 Å². The lowest BCUT2D eigenvalue weighted by molar-refractivity contribution is 0.0428. The van der Waals surface area contributed by atoms with Gasteiger partial charge in [0.05, 0.1) is 11.6 Å². The zero-order valence-corrected chi connectivity index (χ0v) is 16.2. The Hall–Kier alpha value is -1.86. The Morgan fingerprint density at radius 1 is 1.36 bits per heavy atom. The van der Waals surface area contributed by atoms with Gasteiger partial charge in [-0.05, 0) is 46.2 Å².